The third-order valence-corrected chi connectivity index (χ3v) is 3.03. The highest BCUT2D eigenvalue weighted by molar-refractivity contribution is 9.10. The second-order valence-electron chi connectivity index (χ2n) is 3.65. The second kappa shape index (κ2) is 5.91. The number of anilines is 2. The normalized spacial score (nSPS) is 9.79. The molecular formula is C13H9BrClN3O. The molecule has 0 aliphatic rings. The molecule has 0 bridgehead atoms. The number of nitrogens with one attached hydrogen (secondary N) is 1. The van der Waals surface area contributed by atoms with Crippen molar-refractivity contribution in [3.8, 4) is 11.8 Å². The van der Waals surface area contributed by atoms with Gasteiger partial charge in [0.1, 0.15) is 16.7 Å². The van der Waals surface area contributed by atoms with E-state index < -0.39 is 0 Å². The Balaban J connectivity index is 2.38. The molecule has 2 rings (SSSR count). The van der Waals surface area contributed by atoms with Gasteiger partial charge in [-0.15, -0.1) is 0 Å². The van der Waals surface area contributed by atoms with Crippen molar-refractivity contribution < 1.29 is 4.74 Å². The zero-order valence-corrected chi connectivity index (χ0v) is 12.3. The summed E-state index contributed by atoms with van der Waals surface area (Å²) in [7, 11) is 1.58. The summed E-state index contributed by atoms with van der Waals surface area (Å²) in [5.41, 5.74) is 1.17. The molecule has 0 fully saturated rings. The van der Waals surface area contributed by atoms with Crippen LogP contribution in [0.5, 0.6) is 5.75 Å². The Morgan fingerprint density at radius 3 is 2.84 bits per heavy atom. The van der Waals surface area contributed by atoms with Gasteiger partial charge in [-0.05, 0) is 30.3 Å². The van der Waals surface area contributed by atoms with E-state index in [-0.39, 0.29) is 5.15 Å². The van der Waals surface area contributed by atoms with Crippen molar-refractivity contribution >= 4 is 39.0 Å². The van der Waals surface area contributed by atoms with Gasteiger partial charge >= 0.3 is 0 Å². The van der Waals surface area contributed by atoms with E-state index in [1.807, 2.05) is 24.3 Å². The van der Waals surface area contributed by atoms with E-state index in [0.29, 0.717) is 17.1 Å². The van der Waals surface area contributed by atoms with Crippen molar-refractivity contribution in [2.24, 2.45) is 0 Å². The molecule has 1 aromatic heterocycles. The Morgan fingerprint density at radius 1 is 1.37 bits per heavy atom. The Hall–Kier alpha value is -1.77. The molecule has 0 atom stereocenters. The van der Waals surface area contributed by atoms with Gasteiger partial charge in [0, 0.05) is 4.47 Å². The number of hydrogen-bond acceptors (Lipinski definition) is 4. The SMILES string of the molecule is COc1ccc(Br)cc1Nc1cc(C#N)cc(Cl)n1. The van der Waals surface area contributed by atoms with Crippen LogP contribution in [0.15, 0.2) is 34.8 Å². The monoisotopic (exact) mass is 337 g/mol. The predicted molar refractivity (Wildman–Crippen MR) is 77.9 cm³/mol. The number of hydrogen-bond donors (Lipinski definition) is 1. The molecule has 0 saturated heterocycles. The number of nitriles is 1. The lowest BCUT2D eigenvalue weighted by molar-refractivity contribution is 0.416. The molecule has 6 heteroatoms. The number of benzene rings is 1. The molecule has 0 unspecified atom stereocenters. The summed E-state index contributed by atoms with van der Waals surface area (Å²) in [6.45, 7) is 0. The molecule has 2 aromatic rings. The molecule has 96 valence electrons. The van der Waals surface area contributed by atoms with Gasteiger partial charge in [-0.25, -0.2) is 4.98 Å². The van der Waals surface area contributed by atoms with Crippen LogP contribution >= 0.6 is 27.5 Å². The van der Waals surface area contributed by atoms with E-state index >= 15 is 0 Å². The summed E-state index contributed by atoms with van der Waals surface area (Å²) in [5, 5.41) is 12.2. The van der Waals surface area contributed by atoms with Gasteiger partial charge in [-0.1, -0.05) is 27.5 Å². The van der Waals surface area contributed by atoms with Crippen LogP contribution in [-0.2, 0) is 0 Å². The van der Waals surface area contributed by atoms with Crippen LogP contribution in [0.1, 0.15) is 5.56 Å². The molecular weight excluding hydrogens is 330 g/mol. The van der Waals surface area contributed by atoms with Crippen LogP contribution in [0.2, 0.25) is 5.15 Å². The maximum atomic E-state index is 8.90. The van der Waals surface area contributed by atoms with Crippen molar-refractivity contribution in [1.29, 1.82) is 5.26 Å². The number of rotatable bonds is 3. The highest BCUT2D eigenvalue weighted by Gasteiger charge is 2.06. The highest BCUT2D eigenvalue weighted by Crippen LogP contribution is 2.30. The van der Waals surface area contributed by atoms with E-state index in [9.17, 15) is 0 Å². The van der Waals surface area contributed by atoms with Crippen LogP contribution < -0.4 is 10.1 Å². The molecule has 1 heterocycles. The molecule has 0 amide bonds. The minimum absolute atomic E-state index is 0.260. The van der Waals surface area contributed by atoms with Crippen LogP contribution in [-0.4, -0.2) is 12.1 Å². The van der Waals surface area contributed by atoms with Crippen LogP contribution in [0.4, 0.5) is 11.5 Å². The molecule has 0 saturated carbocycles. The number of aromatic nitrogens is 1. The Kier molecular flexibility index (Phi) is 4.25. The lowest BCUT2D eigenvalue weighted by Gasteiger charge is -2.11. The summed E-state index contributed by atoms with van der Waals surface area (Å²) in [4.78, 5) is 4.11. The van der Waals surface area contributed by atoms with Crippen molar-refractivity contribution in [3.05, 3.63) is 45.5 Å². The molecule has 0 aliphatic carbocycles. The summed E-state index contributed by atoms with van der Waals surface area (Å²) in [6.07, 6.45) is 0. The minimum atomic E-state index is 0.260. The number of nitrogens with zero attached hydrogens (tertiary/aromatic N) is 2. The van der Waals surface area contributed by atoms with Gasteiger partial charge in [-0.2, -0.15) is 5.26 Å². The first-order chi connectivity index (χ1) is 9.12. The number of ether oxygens (including phenoxy) is 1. The predicted octanol–water partition coefficient (Wildman–Crippen LogP) is 4.12. The Bertz CT molecular complexity index is 655. The van der Waals surface area contributed by atoms with Gasteiger partial charge in [0.05, 0.1) is 24.4 Å². The van der Waals surface area contributed by atoms with Gasteiger partial charge in [-0.3, -0.25) is 0 Å². The van der Waals surface area contributed by atoms with Crippen molar-refractivity contribution in [2.45, 2.75) is 0 Å². The largest absolute Gasteiger partial charge is 0.495 e. The molecule has 0 spiro atoms. The molecule has 1 aromatic carbocycles. The average Bonchev–Trinajstić information content (AvgIpc) is 2.38. The minimum Gasteiger partial charge on any atom is -0.495 e. The summed E-state index contributed by atoms with van der Waals surface area (Å²) in [6, 6.07) is 10.7. The van der Waals surface area contributed by atoms with Crippen LogP contribution in [0.25, 0.3) is 0 Å². The average molecular weight is 339 g/mol. The second-order valence-corrected chi connectivity index (χ2v) is 4.95. The van der Waals surface area contributed by atoms with Crippen LogP contribution in [0.3, 0.4) is 0 Å². The fourth-order valence-corrected chi connectivity index (χ4v) is 2.11. The van der Waals surface area contributed by atoms with Gasteiger partial charge in [0.15, 0.2) is 0 Å². The lowest BCUT2D eigenvalue weighted by atomic mass is 10.2. The van der Waals surface area contributed by atoms with Gasteiger partial charge in [0.2, 0.25) is 0 Å². The molecule has 1 N–H and O–H groups in total. The fourth-order valence-electron chi connectivity index (χ4n) is 1.54. The van der Waals surface area contributed by atoms with E-state index in [0.717, 1.165) is 10.2 Å². The fraction of sp³-hybridized carbons (Fsp3) is 0.0769. The lowest BCUT2D eigenvalue weighted by Crippen LogP contribution is -1.97. The topological polar surface area (TPSA) is 57.9 Å². The number of halogens is 2. The summed E-state index contributed by atoms with van der Waals surface area (Å²) >= 11 is 9.24. The summed E-state index contributed by atoms with van der Waals surface area (Å²) in [5.74, 6) is 1.16. The molecule has 0 radical (unpaired) electrons. The quantitative estimate of drug-likeness (QED) is 0.855. The summed E-state index contributed by atoms with van der Waals surface area (Å²) < 4.78 is 6.15. The number of methoxy groups -OCH3 is 1. The molecule has 4 nitrogen and oxygen atoms in total. The Labute approximate surface area is 124 Å². The van der Waals surface area contributed by atoms with Crippen molar-refractivity contribution in [2.75, 3.05) is 12.4 Å². The zero-order chi connectivity index (χ0) is 13.8. The smallest absolute Gasteiger partial charge is 0.142 e. The molecule has 0 aliphatic heterocycles. The van der Waals surface area contributed by atoms with E-state index in [2.05, 4.69) is 26.2 Å². The van der Waals surface area contributed by atoms with E-state index in [1.54, 1.807) is 13.2 Å². The number of pyridine rings is 1. The van der Waals surface area contributed by atoms with Crippen molar-refractivity contribution in [3.63, 3.8) is 0 Å². The Morgan fingerprint density at radius 2 is 2.16 bits per heavy atom. The molecule has 19 heavy (non-hydrogen) atoms. The van der Waals surface area contributed by atoms with Crippen LogP contribution in [0, 0.1) is 11.3 Å². The maximum Gasteiger partial charge on any atom is 0.142 e. The third kappa shape index (κ3) is 3.37. The highest BCUT2D eigenvalue weighted by atomic mass is 79.9. The zero-order valence-electron chi connectivity index (χ0n) is 9.95. The van der Waals surface area contributed by atoms with Gasteiger partial charge in [0.25, 0.3) is 0 Å². The first kappa shape index (κ1) is 13.7. The van der Waals surface area contributed by atoms with E-state index in [4.69, 9.17) is 21.6 Å². The van der Waals surface area contributed by atoms with Gasteiger partial charge < -0.3 is 10.1 Å². The third-order valence-electron chi connectivity index (χ3n) is 2.35. The van der Waals surface area contributed by atoms with Crippen molar-refractivity contribution in [1.82, 2.24) is 4.98 Å². The maximum absolute atomic E-state index is 8.90. The first-order valence-electron chi connectivity index (χ1n) is 5.30. The first-order valence-corrected chi connectivity index (χ1v) is 6.47. The van der Waals surface area contributed by atoms with E-state index in [1.165, 1.54) is 6.07 Å². The standard InChI is InChI=1S/C13H9BrClN3O/c1-19-11-3-2-9(14)6-10(11)17-13-5-8(7-16)4-12(15)18-13/h2-6H,1H3,(H,17,18).